The Kier molecular flexibility index (Phi) is 59.7. The Morgan fingerprint density at radius 1 is 0.455 bits per heavy atom. The van der Waals surface area contributed by atoms with E-state index in [-0.39, 0.29) is 11.0 Å². The SMILES string of the molecule is CN(C)CCN(C)C.CN(C)CCN(C)C.O.O.[Cl][Cu].[Cl][Cu]. The quantitative estimate of drug-likeness (QED) is 0.515. The van der Waals surface area contributed by atoms with Gasteiger partial charge < -0.3 is 30.6 Å². The predicted octanol–water partition coefficient (Wildman–Crippen LogP) is -0.0562. The van der Waals surface area contributed by atoms with Gasteiger partial charge >= 0.3 is 50.4 Å². The molecule has 0 saturated carbocycles. The van der Waals surface area contributed by atoms with Crippen LogP contribution in [0.1, 0.15) is 0 Å². The van der Waals surface area contributed by atoms with E-state index in [4.69, 9.17) is 0 Å². The van der Waals surface area contributed by atoms with Crippen molar-refractivity contribution >= 4 is 20.2 Å². The van der Waals surface area contributed by atoms with Crippen LogP contribution in [0, 0.1) is 0 Å². The third-order valence-electron chi connectivity index (χ3n) is 1.99. The van der Waals surface area contributed by atoms with E-state index in [0.717, 1.165) is 26.2 Å². The van der Waals surface area contributed by atoms with E-state index in [0.29, 0.717) is 0 Å². The molecule has 0 saturated heterocycles. The van der Waals surface area contributed by atoms with Crippen molar-refractivity contribution in [2.45, 2.75) is 0 Å². The van der Waals surface area contributed by atoms with Crippen molar-refractivity contribution in [3.05, 3.63) is 0 Å². The van der Waals surface area contributed by atoms with Gasteiger partial charge in [0.1, 0.15) is 0 Å². The first kappa shape index (κ1) is 38.8. The Labute approximate surface area is 163 Å². The number of likely N-dealkylation sites (N-methyl/N-ethyl adjacent to an activating group) is 4. The van der Waals surface area contributed by atoms with Gasteiger partial charge in [0.05, 0.1) is 0 Å². The van der Waals surface area contributed by atoms with Crippen molar-refractivity contribution in [2.75, 3.05) is 82.6 Å². The summed E-state index contributed by atoms with van der Waals surface area (Å²) in [5.41, 5.74) is 0. The first-order chi connectivity index (χ1) is 9.25. The van der Waals surface area contributed by atoms with Crippen LogP contribution in [0.4, 0.5) is 0 Å². The summed E-state index contributed by atoms with van der Waals surface area (Å²) < 4.78 is 0. The van der Waals surface area contributed by atoms with Gasteiger partial charge in [-0.05, 0) is 56.4 Å². The molecule has 0 radical (unpaired) electrons. The molecular weight excluding hydrogens is 430 g/mol. The van der Waals surface area contributed by atoms with E-state index < -0.39 is 0 Å². The standard InChI is InChI=1S/2C6H16N2.2ClH.2Cu.2H2O/c2*1-7(2)5-6-8(3)4;;;;;;/h2*5-6H2,1-4H3;2*1H;;;2*1H2/q;;;;2*+1;;/p-2. The molecule has 0 aromatic rings. The molecule has 0 heterocycles. The van der Waals surface area contributed by atoms with E-state index in [1.54, 1.807) is 0 Å². The van der Waals surface area contributed by atoms with Crippen LogP contribution >= 0.6 is 20.2 Å². The predicted molar refractivity (Wildman–Crippen MR) is 93.1 cm³/mol. The fourth-order valence-electron chi connectivity index (χ4n) is 0.800. The molecular formula is C12H36Cl2Cu2N4O2. The van der Waals surface area contributed by atoms with Gasteiger partial charge in [-0.3, -0.25) is 0 Å². The average molecular weight is 466 g/mol. The van der Waals surface area contributed by atoms with Crippen molar-refractivity contribution in [1.82, 2.24) is 19.6 Å². The third-order valence-corrected chi connectivity index (χ3v) is 1.99. The summed E-state index contributed by atoms with van der Waals surface area (Å²) in [7, 11) is 25.1. The van der Waals surface area contributed by atoms with Crippen LogP contribution in [0.25, 0.3) is 0 Å². The first-order valence-corrected chi connectivity index (χ1v) is 8.66. The molecule has 0 unspecified atom stereocenters. The maximum atomic E-state index is 4.20. The minimum atomic E-state index is 0. The van der Waals surface area contributed by atoms with Gasteiger partial charge in [0.2, 0.25) is 0 Å². The van der Waals surface area contributed by atoms with Crippen molar-refractivity contribution in [1.29, 1.82) is 0 Å². The molecule has 10 heteroatoms. The summed E-state index contributed by atoms with van der Waals surface area (Å²) >= 11 is 7.32. The second-order valence-electron chi connectivity index (χ2n) is 5.21. The zero-order chi connectivity index (χ0) is 17.1. The third kappa shape index (κ3) is 68.6. The van der Waals surface area contributed by atoms with Gasteiger partial charge in [0.25, 0.3) is 0 Å². The Balaban J connectivity index is -0.0000000440. The van der Waals surface area contributed by atoms with Crippen molar-refractivity contribution in [3.8, 4) is 0 Å². The summed E-state index contributed by atoms with van der Waals surface area (Å²) in [6.07, 6.45) is 0. The molecule has 0 aliphatic rings. The van der Waals surface area contributed by atoms with Crippen molar-refractivity contribution < 1.29 is 41.2 Å². The van der Waals surface area contributed by atoms with Gasteiger partial charge in [-0.25, -0.2) is 0 Å². The number of nitrogens with zero attached hydrogens (tertiary/aromatic N) is 4. The van der Waals surface area contributed by atoms with Gasteiger partial charge in [0.15, 0.2) is 0 Å². The van der Waals surface area contributed by atoms with E-state index in [9.17, 15) is 0 Å². The number of rotatable bonds is 6. The molecule has 0 aliphatic carbocycles. The molecule has 0 aliphatic heterocycles. The van der Waals surface area contributed by atoms with E-state index in [1.807, 2.05) is 0 Å². The van der Waals surface area contributed by atoms with Crippen LogP contribution in [0.5, 0.6) is 0 Å². The van der Waals surface area contributed by atoms with Gasteiger partial charge in [-0.1, -0.05) is 0 Å². The molecule has 0 spiro atoms. The number of hydrogen-bond acceptors (Lipinski definition) is 4. The molecule has 0 atom stereocenters. The van der Waals surface area contributed by atoms with Crippen LogP contribution in [0.15, 0.2) is 0 Å². The van der Waals surface area contributed by atoms with Crippen molar-refractivity contribution in [3.63, 3.8) is 0 Å². The normalized spacial score (nSPS) is 8.82. The summed E-state index contributed by atoms with van der Waals surface area (Å²) in [5.74, 6) is 0. The molecule has 22 heavy (non-hydrogen) atoms. The molecule has 0 rings (SSSR count). The van der Waals surface area contributed by atoms with Crippen LogP contribution in [0.3, 0.4) is 0 Å². The fraction of sp³-hybridized carbons (Fsp3) is 1.00. The second-order valence-corrected chi connectivity index (χ2v) is 5.21. The molecule has 152 valence electrons. The topological polar surface area (TPSA) is 76.0 Å². The first-order valence-electron chi connectivity index (χ1n) is 6.07. The molecule has 0 bridgehead atoms. The van der Waals surface area contributed by atoms with Crippen LogP contribution in [-0.4, -0.2) is 113 Å². The number of halogens is 2. The number of hydrogen-bond donors (Lipinski definition) is 0. The Morgan fingerprint density at radius 2 is 0.545 bits per heavy atom. The van der Waals surface area contributed by atoms with Crippen LogP contribution < -0.4 is 0 Å². The molecule has 0 fully saturated rings. The molecule has 0 aromatic carbocycles. The minimum absolute atomic E-state index is 0. The second kappa shape index (κ2) is 33.9. The average Bonchev–Trinajstić information content (AvgIpc) is 2.39. The van der Waals surface area contributed by atoms with Crippen LogP contribution in [-0.2, 0) is 30.2 Å². The fourth-order valence-corrected chi connectivity index (χ4v) is 0.800. The molecule has 6 nitrogen and oxygen atoms in total. The molecule has 0 amide bonds. The summed E-state index contributed by atoms with van der Waals surface area (Å²) in [6, 6.07) is 0. The zero-order valence-corrected chi connectivity index (χ0v) is 18.4. The van der Waals surface area contributed by atoms with Crippen molar-refractivity contribution in [2.24, 2.45) is 0 Å². The maximum absolute atomic E-state index is 4.20. The Bertz CT molecular complexity index is 129. The van der Waals surface area contributed by atoms with E-state index >= 15 is 0 Å². The Hall–Kier alpha value is 1.38. The summed E-state index contributed by atoms with van der Waals surface area (Å²) in [5, 5.41) is 0. The van der Waals surface area contributed by atoms with Gasteiger partial charge in [-0.2, -0.15) is 0 Å². The monoisotopic (exact) mass is 464 g/mol. The Morgan fingerprint density at radius 3 is 0.591 bits per heavy atom. The zero-order valence-electron chi connectivity index (χ0n) is 15.0. The van der Waals surface area contributed by atoms with Gasteiger partial charge in [-0.15, -0.1) is 0 Å². The molecule has 4 N–H and O–H groups in total. The van der Waals surface area contributed by atoms with E-state index in [1.165, 1.54) is 0 Å². The molecule has 0 aromatic heterocycles. The van der Waals surface area contributed by atoms with Crippen LogP contribution in [0.2, 0.25) is 0 Å². The van der Waals surface area contributed by atoms with E-state index in [2.05, 4.69) is 126 Å². The van der Waals surface area contributed by atoms with Gasteiger partial charge in [0, 0.05) is 26.2 Å². The summed E-state index contributed by atoms with van der Waals surface area (Å²) in [6.45, 7) is 4.58. The summed E-state index contributed by atoms with van der Waals surface area (Å²) in [4.78, 5) is 8.72.